The van der Waals surface area contributed by atoms with Crippen molar-refractivity contribution in [1.29, 1.82) is 0 Å². The summed E-state index contributed by atoms with van der Waals surface area (Å²) in [6.07, 6.45) is 1.36. The van der Waals surface area contributed by atoms with Crippen LogP contribution in [0.2, 0.25) is 0 Å². The number of hydrogen-bond donors (Lipinski definition) is 0. The van der Waals surface area contributed by atoms with Crippen LogP contribution in [-0.4, -0.2) is 13.1 Å². The summed E-state index contributed by atoms with van der Waals surface area (Å²) < 4.78 is 4.95. The molecule has 0 aliphatic rings. The van der Waals surface area contributed by atoms with E-state index in [9.17, 15) is 4.79 Å². The van der Waals surface area contributed by atoms with Crippen molar-refractivity contribution < 1.29 is 9.53 Å². The van der Waals surface area contributed by atoms with E-state index >= 15 is 0 Å². The molecule has 2 nitrogen and oxygen atoms in total. The highest BCUT2D eigenvalue weighted by molar-refractivity contribution is 5.74. The maximum absolute atomic E-state index is 9.95. The monoisotopic (exact) mass is 148 g/mol. The van der Waals surface area contributed by atoms with Gasteiger partial charge in [0.2, 0.25) is 0 Å². The number of rotatable bonds is 2. The number of carbonyl (C=O) groups excluding carboxylic acids is 1. The highest BCUT2D eigenvalue weighted by Gasteiger charge is 1.90. The molecule has 1 rings (SSSR count). The van der Waals surface area contributed by atoms with Gasteiger partial charge in [-0.25, -0.2) is 4.79 Å². The van der Waals surface area contributed by atoms with E-state index in [1.54, 1.807) is 19.1 Å². The van der Waals surface area contributed by atoms with E-state index in [1.165, 1.54) is 6.08 Å². The first kappa shape index (κ1) is 7.58. The second kappa shape index (κ2) is 3.59. The molecule has 0 saturated carbocycles. The fourth-order valence-electron chi connectivity index (χ4n) is 0.799. The van der Waals surface area contributed by atoms with Gasteiger partial charge in [0, 0.05) is 6.08 Å². The standard InChI is InChI=1S/C9H8O2/c1-11-9-4-2-3-8(7-9)5-6-10/h2-5,7H,1H3. The van der Waals surface area contributed by atoms with Crippen molar-refractivity contribution in [3.63, 3.8) is 0 Å². The molecule has 56 valence electrons. The molecule has 0 heterocycles. The third-order valence-corrected chi connectivity index (χ3v) is 1.32. The molecule has 1 aromatic carbocycles. The molecule has 0 fully saturated rings. The molecule has 0 spiro atoms. The summed E-state index contributed by atoms with van der Waals surface area (Å²) in [7, 11) is 1.59. The third kappa shape index (κ3) is 1.95. The van der Waals surface area contributed by atoms with Crippen LogP contribution in [0, 0.1) is 0 Å². The Labute approximate surface area is 65.1 Å². The molecule has 1 aromatic rings. The molecule has 0 aliphatic heterocycles. The Hall–Kier alpha value is -1.53. The van der Waals surface area contributed by atoms with E-state index in [4.69, 9.17) is 4.74 Å². The first-order chi connectivity index (χ1) is 5.36. The van der Waals surface area contributed by atoms with Crippen LogP contribution in [0.4, 0.5) is 0 Å². The zero-order valence-electron chi connectivity index (χ0n) is 6.20. The van der Waals surface area contributed by atoms with E-state index in [-0.39, 0.29) is 0 Å². The lowest BCUT2D eigenvalue weighted by molar-refractivity contribution is 0.414. The quantitative estimate of drug-likeness (QED) is 0.594. The third-order valence-electron chi connectivity index (χ3n) is 1.32. The number of ether oxygens (including phenoxy) is 1. The van der Waals surface area contributed by atoms with Crippen LogP contribution in [0.25, 0.3) is 6.08 Å². The zero-order chi connectivity index (χ0) is 8.10. The van der Waals surface area contributed by atoms with Crippen molar-refractivity contribution in [3.8, 4) is 5.75 Å². The fourth-order valence-corrected chi connectivity index (χ4v) is 0.799. The largest absolute Gasteiger partial charge is 0.497 e. The van der Waals surface area contributed by atoms with E-state index in [0.29, 0.717) is 0 Å². The first-order valence-corrected chi connectivity index (χ1v) is 3.22. The maximum Gasteiger partial charge on any atom is 0.125 e. The molecule has 0 saturated heterocycles. The lowest BCUT2D eigenvalue weighted by Gasteiger charge is -1.98. The van der Waals surface area contributed by atoms with Crippen molar-refractivity contribution in [2.45, 2.75) is 0 Å². The lowest BCUT2D eigenvalue weighted by Crippen LogP contribution is -1.81. The van der Waals surface area contributed by atoms with Crippen molar-refractivity contribution in [2.24, 2.45) is 0 Å². The van der Waals surface area contributed by atoms with Gasteiger partial charge in [-0.3, -0.25) is 0 Å². The Morgan fingerprint density at radius 3 is 3.00 bits per heavy atom. The molecule has 0 aliphatic carbocycles. The van der Waals surface area contributed by atoms with Crippen molar-refractivity contribution in [2.75, 3.05) is 7.11 Å². The van der Waals surface area contributed by atoms with Crippen LogP contribution < -0.4 is 4.74 Å². The molecule has 0 N–H and O–H groups in total. The Morgan fingerprint density at radius 2 is 2.36 bits per heavy atom. The van der Waals surface area contributed by atoms with Crippen LogP contribution in [0.5, 0.6) is 5.75 Å². The molecule has 0 bridgehead atoms. The summed E-state index contributed by atoms with van der Waals surface area (Å²) >= 11 is 0. The molecule has 0 radical (unpaired) electrons. The van der Waals surface area contributed by atoms with Gasteiger partial charge >= 0.3 is 0 Å². The first-order valence-electron chi connectivity index (χ1n) is 3.22. The molecule has 0 unspecified atom stereocenters. The summed E-state index contributed by atoms with van der Waals surface area (Å²) in [6.45, 7) is 0. The average molecular weight is 148 g/mol. The van der Waals surface area contributed by atoms with E-state index in [0.717, 1.165) is 11.3 Å². The normalized spacial score (nSPS) is 8.45. The summed E-state index contributed by atoms with van der Waals surface area (Å²) in [5.74, 6) is 2.45. The zero-order valence-corrected chi connectivity index (χ0v) is 6.20. The van der Waals surface area contributed by atoms with Gasteiger partial charge in [0.05, 0.1) is 7.11 Å². The van der Waals surface area contributed by atoms with Gasteiger partial charge < -0.3 is 4.74 Å². The number of methoxy groups -OCH3 is 1. The number of hydrogen-bond acceptors (Lipinski definition) is 2. The summed E-state index contributed by atoms with van der Waals surface area (Å²) in [5.41, 5.74) is 0.805. The van der Waals surface area contributed by atoms with Crippen LogP contribution in [0.15, 0.2) is 24.3 Å². The topological polar surface area (TPSA) is 26.3 Å². The van der Waals surface area contributed by atoms with Gasteiger partial charge in [-0.05, 0) is 17.7 Å². The minimum absolute atomic E-state index is 0.744. The highest BCUT2D eigenvalue weighted by Crippen LogP contribution is 2.12. The second-order valence-corrected chi connectivity index (χ2v) is 2.04. The van der Waals surface area contributed by atoms with Gasteiger partial charge in [-0.1, -0.05) is 12.1 Å². The second-order valence-electron chi connectivity index (χ2n) is 2.04. The molecular formula is C9H8O2. The van der Waals surface area contributed by atoms with E-state index in [1.807, 2.05) is 18.2 Å². The van der Waals surface area contributed by atoms with Crippen LogP contribution in [-0.2, 0) is 4.79 Å². The van der Waals surface area contributed by atoms with Crippen LogP contribution >= 0.6 is 0 Å². The van der Waals surface area contributed by atoms with Crippen molar-refractivity contribution >= 4 is 12.0 Å². The summed E-state index contributed by atoms with van der Waals surface area (Å²) in [5, 5.41) is 0. The van der Waals surface area contributed by atoms with Gasteiger partial charge in [-0.15, -0.1) is 0 Å². The van der Waals surface area contributed by atoms with E-state index < -0.39 is 0 Å². The molecular weight excluding hydrogens is 140 g/mol. The van der Waals surface area contributed by atoms with Crippen LogP contribution in [0.3, 0.4) is 0 Å². The Kier molecular flexibility index (Phi) is 2.47. The predicted octanol–water partition coefficient (Wildman–Crippen LogP) is 1.54. The van der Waals surface area contributed by atoms with Crippen molar-refractivity contribution in [3.05, 3.63) is 29.8 Å². The summed E-state index contributed by atoms with van der Waals surface area (Å²) in [6, 6.07) is 7.22. The van der Waals surface area contributed by atoms with E-state index in [2.05, 4.69) is 0 Å². The van der Waals surface area contributed by atoms with Gasteiger partial charge in [-0.2, -0.15) is 0 Å². The Balaban J connectivity index is 3.00. The van der Waals surface area contributed by atoms with Crippen molar-refractivity contribution in [1.82, 2.24) is 0 Å². The number of benzene rings is 1. The molecule has 0 aromatic heterocycles. The molecule has 0 amide bonds. The lowest BCUT2D eigenvalue weighted by atomic mass is 10.2. The van der Waals surface area contributed by atoms with Gasteiger partial charge in [0.15, 0.2) is 0 Å². The predicted molar refractivity (Wildman–Crippen MR) is 43.2 cm³/mol. The Bertz CT molecular complexity index is 285. The summed E-state index contributed by atoms with van der Waals surface area (Å²) in [4.78, 5) is 9.95. The van der Waals surface area contributed by atoms with Gasteiger partial charge in [0.25, 0.3) is 0 Å². The fraction of sp³-hybridized carbons (Fsp3) is 0.111. The maximum atomic E-state index is 9.95. The molecule has 2 heteroatoms. The minimum Gasteiger partial charge on any atom is -0.497 e. The smallest absolute Gasteiger partial charge is 0.125 e. The average Bonchev–Trinajstić information content (AvgIpc) is 2.06. The molecule has 11 heavy (non-hydrogen) atoms. The SMILES string of the molecule is COc1cccc(C=C=O)c1. The van der Waals surface area contributed by atoms with Crippen LogP contribution in [0.1, 0.15) is 5.56 Å². The molecule has 0 atom stereocenters. The Morgan fingerprint density at radius 1 is 1.55 bits per heavy atom. The minimum atomic E-state index is 0.744. The van der Waals surface area contributed by atoms with Gasteiger partial charge in [0.1, 0.15) is 11.7 Å². The highest BCUT2D eigenvalue weighted by atomic mass is 16.5.